The first-order chi connectivity index (χ1) is 6.99. The molecule has 0 aliphatic rings. The highest BCUT2D eigenvalue weighted by atomic mass is 127. The molecule has 0 heterocycles. The Labute approximate surface area is 98.8 Å². The topological polar surface area (TPSA) is 77.3 Å². The standard InChI is InChI=1S/C9H6INO4/c1-5(13)8-7(10)3-2-6(4-12)9(8)11(14)15/h2-4H,1H3. The number of nitrogens with zero attached hydrogens (tertiary/aromatic N) is 1. The zero-order valence-corrected chi connectivity index (χ0v) is 9.85. The second kappa shape index (κ2) is 4.47. The molecule has 1 aromatic rings. The van der Waals surface area contributed by atoms with E-state index >= 15 is 0 Å². The number of nitro groups is 1. The summed E-state index contributed by atoms with van der Waals surface area (Å²) < 4.78 is 0.470. The largest absolute Gasteiger partial charge is 0.298 e. The van der Waals surface area contributed by atoms with Gasteiger partial charge in [-0.25, -0.2) is 0 Å². The number of carbonyl (C=O) groups is 2. The number of hydrogen-bond acceptors (Lipinski definition) is 4. The van der Waals surface area contributed by atoms with E-state index in [0.717, 1.165) is 0 Å². The maximum Gasteiger partial charge on any atom is 0.291 e. The fourth-order valence-corrected chi connectivity index (χ4v) is 2.02. The Morgan fingerprint density at radius 2 is 2.13 bits per heavy atom. The van der Waals surface area contributed by atoms with Crippen molar-refractivity contribution in [2.45, 2.75) is 6.92 Å². The molecule has 0 N–H and O–H groups in total. The third-order valence-electron chi connectivity index (χ3n) is 1.82. The Morgan fingerprint density at radius 3 is 2.53 bits per heavy atom. The van der Waals surface area contributed by atoms with E-state index in [0.29, 0.717) is 9.86 Å². The van der Waals surface area contributed by atoms with Crippen LogP contribution in [0, 0.1) is 13.7 Å². The zero-order chi connectivity index (χ0) is 11.6. The van der Waals surface area contributed by atoms with Gasteiger partial charge in [-0.2, -0.15) is 0 Å². The monoisotopic (exact) mass is 319 g/mol. The molecule has 0 aliphatic carbocycles. The lowest BCUT2D eigenvalue weighted by Gasteiger charge is -2.03. The molecule has 5 nitrogen and oxygen atoms in total. The molecule has 0 bridgehead atoms. The smallest absolute Gasteiger partial charge is 0.291 e. The zero-order valence-electron chi connectivity index (χ0n) is 7.69. The van der Waals surface area contributed by atoms with Crippen LogP contribution in [0.4, 0.5) is 5.69 Å². The Balaban J connectivity index is 3.65. The van der Waals surface area contributed by atoms with Crippen molar-refractivity contribution < 1.29 is 14.5 Å². The molecular weight excluding hydrogens is 313 g/mol. The molecule has 6 heteroatoms. The Kier molecular flexibility index (Phi) is 3.51. The van der Waals surface area contributed by atoms with Crippen LogP contribution in [-0.2, 0) is 0 Å². The van der Waals surface area contributed by atoms with Crippen LogP contribution in [0.5, 0.6) is 0 Å². The SMILES string of the molecule is CC(=O)c1c(I)ccc(C=O)c1[N+](=O)[O-]. The summed E-state index contributed by atoms with van der Waals surface area (Å²) in [6.07, 6.45) is 0.376. The second-order valence-electron chi connectivity index (χ2n) is 2.79. The molecule has 0 aliphatic heterocycles. The number of carbonyl (C=O) groups excluding carboxylic acids is 2. The predicted octanol–water partition coefficient (Wildman–Crippen LogP) is 2.21. The van der Waals surface area contributed by atoms with E-state index in [-0.39, 0.29) is 11.1 Å². The van der Waals surface area contributed by atoms with Crippen LogP contribution in [0.3, 0.4) is 0 Å². The molecule has 0 atom stereocenters. The number of ketones is 1. The Morgan fingerprint density at radius 1 is 1.53 bits per heavy atom. The van der Waals surface area contributed by atoms with Gasteiger partial charge in [-0.05, 0) is 41.6 Å². The molecule has 0 saturated carbocycles. The molecular formula is C9H6INO4. The van der Waals surface area contributed by atoms with E-state index in [1.54, 1.807) is 0 Å². The summed E-state index contributed by atoms with van der Waals surface area (Å²) in [7, 11) is 0. The van der Waals surface area contributed by atoms with Crippen LogP contribution in [0.25, 0.3) is 0 Å². The van der Waals surface area contributed by atoms with Gasteiger partial charge < -0.3 is 0 Å². The van der Waals surface area contributed by atoms with Crippen molar-refractivity contribution in [2.24, 2.45) is 0 Å². The Hall–Kier alpha value is -1.31. The summed E-state index contributed by atoms with van der Waals surface area (Å²) in [5.41, 5.74) is -0.500. The van der Waals surface area contributed by atoms with Crippen molar-refractivity contribution >= 4 is 40.3 Å². The number of benzene rings is 1. The number of halogens is 1. The van der Waals surface area contributed by atoms with Crippen molar-refractivity contribution in [1.82, 2.24) is 0 Å². The molecule has 0 radical (unpaired) electrons. The minimum absolute atomic E-state index is 0.00907. The van der Waals surface area contributed by atoms with Crippen LogP contribution in [-0.4, -0.2) is 17.0 Å². The number of hydrogen-bond donors (Lipinski definition) is 0. The summed E-state index contributed by atoms with van der Waals surface area (Å²) >= 11 is 1.83. The highest BCUT2D eigenvalue weighted by molar-refractivity contribution is 14.1. The highest BCUT2D eigenvalue weighted by Gasteiger charge is 2.24. The molecule has 0 fully saturated rings. The summed E-state index contributed by atoms with van der Waals surface area (Å²) in [6.45, 7) is 1.24. The molecule has 1 aromatic carbocycles. The average molecular weight is 319 g/mol. The van der Waals surface area contributed by atoms with Crippen molar-refractivity contribution in [1.29, 1.82) is 0 Å². The quantitative estimate of drug-likeness (QED) is 0.281. The minimum atomic E-state index is -0.706. The lowest BCUT2D eigenvalue weighted by molar-refractivity contribution is -0.385. The van der Waals surface area contributed by atoms with E-state index in [4.69, 9.17) is 0 Å². The first-order valence-corrected chi connectivity index (χ1v) is 5.00. The number of Topliss-reactive ketones (excluding diaryl/α,β-unsaturated/α-hetero) is 1. The van der Waals surface area contributed by atoms with Gasteiger partial charge in [0.1, 0.15) is 5.56 Å². The van der Waals surface area contributed by atoms with E-state index in [2.05, 4.69) is 0 Å². The van der Waals surface area contributed by atoms with Crippen molar-refractivity contribution in [3.05, 3.63) is 36.9 Å². The molecule has 0 unspecified atom stereocenters. The van der Waals surface area contributed by atoms with Crippen LogP contribution in [0.15, 0.2) is 12.1 Å². The van der Waals surface area contributed by atoms with Crippen molar-refractivity contribution in [3.8, 4) is 0 Å². The normalized spacial score (nSPS) is 9.73. The van der Waals surface area contributed by atoms with Crippen molar-refractivity contribution in [3.63, 3.8) is 0 Å². The van der Waals surface area contributed by atoms with E-state index < -0.39 is 16.4 Å². The number of aldehydes is 1. The van der Waals surface area contributed by atoms with Gasteiger partial charge >= 0.3 is 0 Å². The fourth-order valence-electron chi connectivity index (χ4n) is 1.21. The molecule has 1 rings (SSSR count). The van der Waals surface area contributed by atoms with E-state index in [1.807, 2.05) is 22.6 Å². The molecule has 78 valence electrons. The fraction of sp³-hybridized carbons (Fsp3) is 0.111. The summed E-state index contributed by atoms with van der Waals surface area (Å²) in [4.78, 5) is 31.9. The molecule has 0 aromatic heterocycles. The molecule has 0 amide bonds. The van der Waals surface area contributed by atoms with E-state index in [1.165, 1.54) is 19.1 Å². The lowest BCUT2D eigenvalue weighted by Crippen LogP contribution is -2.06. The third-order valence-corrected chi connectivity index (χ3v) is 2.72. The molecule has 15 heavy (non-hydrogen) atoms. The molecule has 0 spiro atoms. The summed E-state index contributed by atoms with van der Waals surface area (Å²) in [5, 5.41) is 10.7. The van der Waals surface area contributed by atoms with E-state index in [9.17, 15) is 19.7 Å². The van der Waals surface area contributed by atoms with Gasteiger partial charge in [-0.3, -0.25) is 19.7 Å². The number of rotatable bonds is 3. The van der Waals surface area contributed by atoms with Gasteiger partial charge in [0.25, 0.3) is 5.69 Å². The van der Waals surface area contributed by atoms with Gasteiger partial charge in [0.2, 0.25) is 0 Å². The van der Waals surface area contributed by atoms with Gasteiger partial charge in [0.15, 0.2) is 12.1 Å². The number of nitro benzene ring substituents is 1. The minimum Gasteiger partial charge on any atom is -0.298 e. The molecule has 0 saturated heterocycles. The lowest BCUT2D eigenvalue weighted by atomic mass is 10.1. The average Bonchev–Trinajstić information content (AvgIpc) is 2.16. The summed E-state index contributed by atoms with van der Waals surface area (Å²) in [5.74, 6) is -0.421. The maximum absolute atomic E-state index is 11.2. The van der Waals surface area contributed by atoms with Crippen LogP contribution >= 0.6 is 22.6 Å². The van der Waals surface area contributed by atoms with Gasteiger partial charge in [-0.1, -0.05) is 0 Å². The van der Waals surface area contributed by atoms with Crippen LogP contribution < -0.4 is 0 Å². The van der Waals surface area contributed by atoms with Gasteiger partial charge in [0, 0.05) is 3.57 Å². The maximum atomic E-state index is 11.2. The first-order valence-electron chi connectivity index (χ1n) is 3.92. The predicted molar refractivity (Wildman–Crippen MR) is 61.2 cm³/mol. The van der Waals surface area contributed by atoms with Gasteiger partial charge in [-0.15, -0.1) is 0 Å². The van der Waals surface area contributed by atoms with Crippen LogP contribution in [0.2, 0.25) is 0 Å². The van der Waals surface area contributed by atoms with Crippen molar-refractivity contribution in [2.75, 3.05) is 0 Å². The third kappa shape index (κ3) is 2.20. The van der Waals surface area contributed by atoms with Gasteiger partial charge in [0.05, 0.1) is 10.5 Å². The highest BCUT2D eigenvalue weighted by Crippen LogP contribution is 2.27. The Bertz CT molecular complexity index is 456. The van der Waals surface area contributed by atoms with Crippen LogP contribution in [0.1, 0.15) is 27.6 Å². The second-order valence-corrected chi connectivity index (χ2v) is 3.95. The summed E-state index contributed by atoms with van der Waals surface area (Å²) in [6, 6.07) is 2.84. The first kappa shape index (κ1) is 11.8.